The SMILES string of the molecule is Cc1nn2c(O)cc(=O)[nH]c2c1-c1ccccc1Cl. The third-order valence-corrected chi connectivity index (χ3v) is 3.25. The Hall–Kier alpha value is -2.27. The van der Waals surface area contributed by atoms with Gasteiger partial charge in [-0.3, -0.25) is 4.79 Å². The summed E-state index contributed by atoms with van der Waals surface area (Å²) in [5.74, 6) is -0.208. The van der Waals surface area contributed by atoms with Gasteiger partial charge in [-0.15, -0.1) is 0 Å². The van der Waals surface area contributed by atoms with Crippen LogP contribution in [0.3, 0.4) is 0 Å². The van der Waals surface area contributed by atoms with Crippen molar-refractivity contribution in [3.05, 3.63) is 51.4 Å². The molecule has 0 aliphatic rings. The summed E-state index contributed by atoms with van der Waals surface area (Å²) >= 11 is 6.18. The maximum atomic E-state index is 11.5. The van der Waals surface area contributed by atoms with Crippen LogP contribution in [-0.4, -0.2) is 19.7 Å². The summed E-state index contributed by atoms with van der Waals surface area (Å²) in [5.41, 5.74) is 2.18. The molecule has 19 heavy (non-hydrogen) atoms. The van der Waals surface area contributed by atoms with E-state index in [-0.39, 0.29) is 5.88 Å². The summed E-state index contributed by atoms with van der Waals surface area (Å²) in [4.78, 5) is 14.2. The van der Waals surface area contributed by atoms with E-state index in [0.29, 0.717) is 21.9 Å². The Morgan fingerprint density at radius 2 is 2.11 bits per heavy atom. The molecule has 0 saturated carbocycles. The van der Waals surface area contributed by atoms with Gasteiger partial charge >= 0.3 is 0 Å². The lowest BCUT2D eigenvalue weighted by Crippen LogP contribution is -2.07. The zero-order valence-corrected chi connectivity index (χ0v) is 10.8. The monoisotopic (exact) mass is 275 g/mol. The van der Waals surface area contributed by atoms with Crippen LogP contribution < -0.4 is 5.56 Å². The number of halogens is 1. The van der Waals surface area contributed by atoms with Crippen molar-refractivity contribution in [2.75, 3.05) is 0 Å². The van der Waals surface area contributed by atoms with E-state index >= 15 is 0 Å². The number of benzene rings is 1. The van der Waals surface area contributed by atoms with Gasteiger partial charge in [0.05, 0.1) is 11.8 Å². The molecule has 2 heterocycles. The fourth-order valence-electron chi connectivity index (χ4n) is 2.13. The van der Waals surface area contributed by atoms with Gasteiger partial charge in [-0.05, 0) is 13.0 Å². The summed E-state index contributed by atoms with van der Waals surface area (Å²) in [7, 11) is 0. The predicted octanol–water partition coefficient (Wildman–Crippen LogP) is 2.36. The van der Waals surface area contributed by atoms with E-state index in [1.54, 1.807) is 13.0 Å². The number of aryl methyl sites for hydroxylation is 1. The van der Waals surface area contributed by atoms with Crippen molar-refractivity contribution in [3.8, 4) is 17.0 Å². The van der Waals surface area contributed by atoms with Crippen molar-refractivity contribution in [2.24, 2.45) is 0 Å². The normalized spacial score (nSPS) is 11.1. The quantitative estimate of drug-likeness (QED) is 0.716. The zero-order valence-electron chi connectivity index (χ0n) is 10.0. The Balaban J connectivity index is 2.45. The molecule has 0 fully saturated rings. The molecule has 0 radical (unpaired) electrons. The number of hydrogen-bond donors (Lipinski definition) is 2. The molecular formula is C13H10ClN3O2. The molecule has 2 aromatic heterocycles. The molecule has 0 amide bonds. The Kier molecular flexibility index (Phi) is 2.57. The van der Waals surface area contributed by atoms with Crippen LogP contribution in [0.2, 0.25) is 5.02 Å². The number of fused-ring (bicyclic) bond motifs is 1. The summed E-state index contributed by atoms with van der Waals surface area (Å²) in [5, 5.41) is 14.5. The molecule has 3 aromatic rings. The van der Waals surface area contributed by atoms with Crippen molar-refractivity contribution in [1.82, 2.24) is 14.6 Å². The average Bonchev–Trinajstić information content (AvgIpc) is 2.67. The molecule has 0 aliphatic heterocycles. The summed E-state index contributed by atoms with van der Waals surface area (Å²) in [6.45, 7) is 1.80. The van der Waals surface area contributed by atoms with E-state index in [1.807, 2.05) is 18.2 Å². The first-order valence-corrected chi connectivity index (χ1v) is 6.02. The third-order valence-electron chi connectivity index (χ3n) is 2.92. The number of rotatable bonds is 1. The molecular weight excluding hydrogens is 266 g/mol. The minimum atomic E-state index is -0.391. The smallest absolute Gasteiger partial charge is 0.254 e. The first kappa shape index (κ1) is 11.8. The summed E-state index contributed by atoms with van der Waals surface area (Å²) in [6, 6.07) is 8.36. The Bertz CT molecular complexity index is 836. The zero-order chi connectivity index (χ0) is 13.6. The second-order valence-electron chi connectivity index (χ2n) is 4.19. The Morgan fingerprint density at radius 1 is 1.37 bits per heavy atom. The van der Waals surface area contributed by atoms with Gasteiger partial charge in [0.2, 0.25) is 5.88 Å². The van der Waals surface area contributed by atoms with Crippen LogP contribution in [0.4, 0.5) is 0 Å². The van der Waals surface area contributed by atoms with Gasteiger partial charge in [0, 0.05) is 16.1 Å². The van der Waals surface area contributed by atoms with Gasteiger partial charge in [0.15, 0.2) is 0 Å². The maximum absolute atomic E-state index is 11.5. The molecule has 2 N–H and O–H groups in total. The van der Waals surface area contributed by atoms with Crippen LogP contribution in [0.15, 0.2) is 35.1 Å². The molecule has 1 aromatic carbocycles. The van der Waals surface area contributed by atoms with Gasteiger partial charge < -0.3 is 10.1 Å². The van der Waals surface area contributed by atoms with Crippen molar-refractivity contribution in [3.63, 3.8) is 0 Å². The van der Waals surface area contributed by atoms with Crippen molar-refractivity contribution >= 4 is 17.2 Å². The maximum Gasteiger partial charge on any atom is 0.254 e. The number of aromatic nitrogens is 3. The van der Waals surface area contributed by atoms with Crippen LogP contribution in [0.1, 0.15) is 5.69 Å². The third kappa shape index (κ3) is 1.79. The molecule has 6 heteroatoms. The lowest BCUT2D eigenvalue weighted by Gasteiger charge is -2.03. The molecule has 0 atom stereocenters. The van der Waals surface area contributed by atoms with Crippen LogP contribution in [0.5, 0.6) is 5.88 Å². The van der Waals surface area contributed by atoms with Gasteiger partial charge in [-0.2, -0.15) is 9.61 Å². The number of aromatic hydroxyl groups is 1. The second-order valence-corrected chi connectivity index (χ2v) is 4.60. The van der Waals surface area contributed by atoms with E-state index in [4.69, 9.17) is 11.6 Å². The number of hydrogen-bond acceptors (Lipinski definition) is 3. The molecule has 0 saturated heterocycles. The second kappa shape index (κ2) is 4.13. The molecule has 96 valence electrons. The van der Waals surface area contributed by atoms with E-state index in [9.17, 15) is 9.90 Å². The number of H-pyrrole nitrogens is 1. The first-order chi connectivity index (χ1) is 9.08. The van der Waals surface area contributed by atoms with Crippen LogP contribution in [0.25, 0.3) is 16.8 Å². The standard InChI is InChI=1S/C13H10ClN3O2/c1-7-12(8-4-2-3-5-9(8)14)13-15-10(18)6-11(19)17(13)16-7/h2-6,19H,1H3,(H,15,18). The molecule has 0 unspecified atom stereocenters. The van der Waals surface area contributed by atoms with Gasteiger partial charge in [0.25, 0.3) is 5.56 Å². The Labute approximate surface area is 113 Å². The van der Waals surface area contributed by atoms with Crippen LogP contribution in [0, 0.1) is 6.92 Å². The van der Waals surface area contributed by atoms with E-state index in [0.717, 1.165) is 11.6 Å². The number of nitrogens with one attached hydrogen (secondary N) is 1. The predicted molar refractivity (Wildman–Crippen MR) is 72.7 cm³/mol. The lowest BCUT2D eigenvalue weighted by atomic mass is 10.1. The summed E-state index contributed by atoms with van der Waals surface area (Å²) < 4.78 is 1.29. The van der Waals surface area contributed by atoms with Gasteiger partial charge in [-0.1, -0.05) is 29.8 Å². The fraction of sp³-hybridized carbons (Fsp3) is 0.0769. The largest absolute Gasteiger partial charge is 0.493 e. The molecule has 5 nitrogen and oxygen atoms in total. The van der Waals surface area contributed by atoms with Gasteiger partial charge in [0.1, 0.15) is 5.65 Å². The first-order valence-electron chi connectivity index (χ1n) is 5.64. The van der Waals surface area contributed by atoms with E-state index < -0.39 is 5.56 Å². The highest BCUT2D eigenvalue weighted by Gasteiger charge is 2.16. The molecule has 0 spiro atoms. The van der Waals surface area contributed by atoms with E-state index in [1.165, 1.54) is 4.52 Å². The Morgan fingerprint density at radius 3 is 2.84 bits per heavy atom. The molecule has 0 bridgehead atoms. The van der Waals surface area contributed by atoms with Crippen molar-refractivity contribution < 1.29 is 5.11 Å². The van der Waals surface area contributed by atoms with Gasteiger partial charge in [-0.25, -0.2) is 0 Å². The molecule has 3 rings (SSSR count). The van der Waals surface area contributed by atoms with Crippen molar-refractivity contribution in [1.29, 1.82) is 0 Å². The van der Waals surface area contributed by atoms with Crippen LogP contribution >= 0.6 is 11.6 Å². The highest BCUT2D eigenvalue weighted by molar-refractivity contribution is 6.33. The fourth-order valence-corrected chi connectivity index (χ4v) is 2.36. The minimum Gasteiger partial charge on any atom is -0.493 e. The molecule has 0 aliphatic carbocycles. The lowest BCUT2D eigenvalue weighted by molar-refractivity contribution is 0.434. The topological polar surface area (TPSA) is 70.4 Å². The van der Waals surface area contributed by atoms with Crippen LogP contribution in [-0.2, 0) is 0 Å². The van der Waals surface area contributed by atoms with E-state index in [2.05, 4.69) is 10.1 Å². The highest BCUT2D eigenvalue weighted by atomic mass is 35.5. The highest BCUT2D eigenvalue weighted by Crippen LogP contribution is 2.33. The summed E-state index contributed by atoms with van der Waals surface area (Å²) in [6.07, 6.45) is 0. The minimum absolute atomic E-state index is 0.208. The average molecular weight is 276 g/mol. The number of aromatic amines is 1. The number of nitrogens with zero attached hydrogens (tertiary/aromatic N) is 2. The van der Waals surface area contributed by atoms with Crippen molar-refractivity contribution in [2.45, 2.75) is 6.92 Å².